The van der Waals surface area contributed by atoms with Gasteiger partial charge >= 0.3 is 5.97 Å². The third-order valence-electron chi connectivity index (χ3n) is 3.46. The molecule has 1 N–H and O–H groups in total. The Balaban J connectivity index is 2.22. The number of esters is 1. The predicted octanol–water partition coefficient (Wildman–Crippen LogP) is 2.68. The highest BCUT2D eigenvalue weighted by molar-refractivity contribution is 9.10. The van der Waals surface area contributed by atoms with Crippen LogP contribution < -0.4 is 5.32 Å². The summed E-state index contributed by atoms with van der Waals surface area (Å²) in [4.78, 5) is 12.1. The van der Waals surface area contributed by atoms with Crippen LogP contribution in [0.15, 0.2) is 28.7 Å². The van der Waals surface area contributed by atoms with Gasteiger partial charge in [-0.05, 0) is 43.5 Å². The fourth-order valence-electron chi connectivity index (χ4n) is 2.56. The van der Waals surface area contributed by atoms with Gasteiger partial charge in [0.25, 0.3) is 0 Å². The Labute approximate surface area is 116 Å². The number of benzene rings is 1. The number of hydrogen-bond acceptors (Lipinski definition) is 3. The van der Waals surface area contributed by atoms with Gasteiger partial charge in [0.15, 0.2) is 0 Å². The smallest absolute Gasteiger partial charge is 0.326 e. The Morgan fingerprint density at radius 2 is 2.33 bits per heavy atom. The summed E-state index contributed by atoms with van der Waals surface area (Å²) in [7, 11) is 1.46. The normalized spacial score (nSPS) is 23.7. The standard InChI is InChI=1S/C14H18BrNO2/c1-18-13(17)14(7-2-3-8-16-14)10-11-5-4-6-12(15)9-11/h4-6,9,16H,2-3,7-8,10H2,1H3. The molecular formula is C14H18BrNO2. The number of rotatable bonds is 3. The van der Waals surface area contributed by atoms with Crippen LogP contribution in [0.4, 0.5) is 0 Å². The largest absolute Gasteiger partial charge is 0.468 e. The van der Waals surface area contributed by atoms with Gasteiger partial charge in [-0.15, -0.1) is 0 Å². The molecule has 0 aromatic heterocycles. The number of methoxy groups -OCH3 is 1. The summed E-state index contributed by atoms with van der Waals surface area (Å²) in [5.41, 5.74) is 0.595. The lowest BCUT2D eigenvalue weighted by Crippen LogP contribution is -2.56. The summed E-state index contributed by atoms with van der Waals surface area (Å²) >= 11 is 3.46. The quantitative estimate of drug-likeness (QED) is 0.872. The SMILES string of the molecule is COC(=O)C1(Cc2cccc(Br)c2)CCCCN1. The Morgan fingerprint density at radius 1 is 1.50 bits per heavy atom. The molecule has 1 atom stereocenters. The average Bonchev–Trinajstić information content (AvgIpc) is 2.39. The van der Waals surface area contributed by atoms with Crippen molar-refractivity contribution < 1.29 is 9.53 Å². The van der Waals surface area contributed by atoms with E-state index in [1.807, 2.05) is 18.2 Å². The molecular weight excluding hydrogens is 294 g/mol. The molecule has 1 aromatic rings. The van der Waals surface area contributed by atoms with Crippen LogP contribution in [-0.4, -0.2) is 25.2 Å². The Morgan fingerprint density at radius 3 is 2.94 bits per heavy atom. The van der Waals surface area contributed by atoms with Gasteiger partial charge in [-0.25, -0.2) is 0 Å². The second-order valence-corrected chi connectivity index (χ2v) is 5.68. The third-order valence-corrected chi connectivity index (χ3v) is 3.96. The molecule has 98 valence electrons. The van der Waals surface area contributed by atoms with Gasteiger partial charge in [-0.1, -0.05) is 28.1 Å². The maximum absolute atomic E-state index is 12.1. The summed E-state index contributed by atoms with van der Waals surface area (Å²) in [5, 5.41) is 3.36. The number of ether oxygens (including phenoxy) is 1. The van der Waals surface area contributed by atoms with Gasteiger partial charge in [0, 0.05) is 10.9 Å². The molecule has 0 saturated carbocycles. The number of carbonyl (C=O) groups excluding carboxylic acids is 1. The Hall–Kier alpha value is -0.870. The van der Waals surface area contributed by atoms with Crippen molar-refractivity contribution in [3.8, 4) is 0 Å². The first-order chi connectivity index (χ1) is 8.66. The molecule has 18 heavy (non-hydrogen) atoms. The zero-order valence-electron chi connectivity index (χ0n) is 10.5. The molecule has 1 unspecified atom stereocenters. The first-order valence-electron chi connectivity index (χ1n) is 6.24. The lowest BCUT2D eigenvalue weighted by molar-refractivity contribution is -0.149. The highest BCUT2D eigenvalue weighted by atomic mass is 79.9. The molecule has 1 heterocycles. The second kappa shape index (κ2) is 5.85. The number of nitrogens with one attached hydrogen (secondary N) is 1. The molecule has 1 aromatic carbocycles. The van der Waals surface area contributed by atoms with Gasteiger partial charge in [0.2, 0.25) is 0 Å². The molecule has 1 aliphatic heterocycles. The van der Waals surface area contributed by atoms with Crippen molar-refractivity contribution in [2.45, 2.75) is 31.2 Å². The number of carbonyl (C=O) groups is 1. The van der Waals surface area contributed by atoms with Crippen molar-refractivity contribution in [2.24, 2.45) is 0 Å². The maximum Gasteiger partial charge on any atom is 0.326 e. The minimum absolute atomic E-state index is 0.151. The first kappa shape index (κ1) is 13.6. The highest BCUT2D eigenvalue weighted by Crippen LogP contribution is 2.26. The molecule has 1 saturated heterocycles. The number of hydrogen-bond donors (Lipinski definition) is 1. The van der Waals surface area contributed by atoms with Crippen LogP contribution in [0.2, 0.25) is 0 Å². The number of piperidine rings is 1. The van der Waals surface area contributed by atoms with E-state index in [0.717, 1.165) is 35.8 Å². The van der Waals surface area contributed by atoms with Crippen molar-refractivity contribution in [3.05, 3.63) is 34.3 Å². The van der Waals surface area contributed by atoms with Gasteiger partial charge < -0.3 is 10.1 Å². The molecule has 0 aliphatic carbocycles. The lowest BCUT2D eigenvalue weighted by atomic mass is 9.83. The fourth-order valence-corrected chi connectivity index (χ4v) is 3.00. The van der Waals surface area contributed by atoms with E-state index in [-0.39, 0.29) is 5.97 Å². The van der Waals surface area contributed by atoms with Crippen LogP contribution >= 0.6 is 15.9 Å². The first-order valence-corrected chi connectivity index (χ1v) is 7.03. The van der Waals surface area contributed by atoms with Crippen LogP contribution in [0.5, 0.6) is 0 Å². The second-order valence-electron chi connectivity index (χ2n) is 4.76. The fraction of sp³-hybridized carbons (Fsp3) is 0.500. The summed E-state index contributed by atoms with van der Waals surface area (Å²) in [5.74, 6) is -0.151. The minimum atomic E-state index is -0.548. The predicted molar refractivity (Wildman–Crippen MR) is 74.4 cm³/mol. The van der Waals surface area contributed by atoms with Crippen LogP contribution in [0, 0.1) is 0 Å². The number of halogens is 1. The molecule has 0 radical (unpaired) electrons. The summed E-state index contributed by atoms with van der Waals surface area (Å²) < 4.78 is 6.02. The van der Waals surface area contributed by atoms with Crippen molar-refractivity contribution in [2.75, 3.05) is 13.7 Å². The molecule has 1 aliphatic rings. The molecule has 2 rings (SSSR count). The van der Waals surface area contributed by atoms with E-state index in [0.29, 0.717) is 6.42 Å². The zero-order valence-corrected chi connectivity index (χ0v) is 12.1. The van der Waals surface area contributed by atoms with Gasteiger partial charge in [-0.3, -0.25) is 4.79 Å². The topological polar surface area (TPSA) is 38.3 Å². The summed E-state index contributed by atoms with van der Waals surface area (Å²) in [6, 6.07) is 8.09. The van der Waals surface area contributed by atoms with E-state index >= 15 is 0 Å². The third kappa shape index (κ3) is 2.93. The van der Waals surface area contributed by atoms with Crippen LogP contribution in [0.25, 0.3) is 0 Å². The van der Waals surface area contributed by atoms with E-state index in [9.17, 15) is 4.79 Å². The van der Waals surface area contributed by atoms with Crippen molar-refractivity contribution in [1.29, 1.82) is 0 Å². The molecule has 3 nitrogen and oxygen atoms in total. The van der Waals surface area contributed by atoms with E-state index < -0.39 is 5.54 Å². The molecule has 0 spiro atoms. The highest BCUT2D eigenvalue weighted by Gasteiger charge is 2.40. The minimum Gasteiger partial charge on any atom is -0.468 e. The molecule has 0 amide bonds. The Kier molecular flexibility index (Phi) is 4.40. The average molecular weight is 312 g/mol. The van der Waals surface area contributed by atoms with Crippen molar-refractivity contribution in [3.63, 3.8) is 0 Å². The summed E-state index contributed by atoms with van der Waals surface area (Å²) in [6.07, 6.45) is 3.71. The zero-order chi connectivity index (χ0) is 13.0. The van der Waals surface area contributed by atoms with Crippen LogP contribution in [0.1, 0.15) is 24.8 Å². The van der Waals surface area contributed by atoms with Crippen LogP contribution in [0.3, 0.4) is 0 Å². The van der Waals surface area contributed by atoms with Gasteiger partial charge in [0.1, 0.15) is 5.54 Å². The van der Waals surface area contributed by atoms with E-state index in [4.69, 9.17) is 4.74 Å². The Bertz CT molecular complexity index is 428. The molecule has 4 heteroatoms. The molecule has 0 bridgehead atoms. The summed E-state index contributed by atoms with van der Waals surface area (Å²) in [6.45, 7) is 0.878. The molecule has 1 fully saturated rings. The van der Waals surface area contributed by atoms with E-state index in [1.165, 1.54) is 7.11 Å². The van der Waals surface area contributed by atoms with E-state index in [2.05, 4.69) is 27.3 Å². The van der Waals surface area contributed by atoms with Crippen molar-refractivity contribution >= 4 is 21.9 Å². The van der Waals surface area contributed by atoms with Crippen molar-refractivity contribution in [1.82, 2.24) is 5.32 Å². The lowest BCUT2D eigenvalue weighted by Gasteiger charge is -2.35. The van der Waals surface area contributed by atoms with E-state index in [1.54, 1.807) is 0 Å². The maximum atomic E-state index is 12.1. The van der Waals surface area contributed by atoms with Crippen LogP contribution in [-0.2, 0) is 16.0 Å². The monoisotopic (exact) mass is 311 g/mol. The van der Waals surface area contributed by atoms with Gasteiger partial charge in [0.05, 0.1) is 7.11 Å². The van der Waals surface area contributed by atoms with Gasteiger partial charge in [-0.2, -0.15) is 0 Å².